The van der Waals surface area contributed by atoms with Gasteiger partial charge in [-0.05, 0) is 36.6 Å². The molecule has 4 nitrogen and oxygen atoms in total. The highest BCUT2D eigenvalue weighted by Gasteiger charge is 2.22. The van der Waals surface area contributed by atoms with Gasteiger partial charge in [-0.25, -0.2) is 9.78 Å². The van der Waals surface area contributed by atoms with Crippen LogP contribution in [0, 0.1) is 0 Å². The Morgan fingerprint density at radius 3 is 2.84 bits per heavy atom. The van der Waals surface area contributed by atoms with Crippen molar-refractivity contribution in [3.05, 3.63) is 69.4 Å². The van der Waals surface area contributed by atoms with Gasteiger partial charge in [0.2, 0.25) is 0 Å². The van der Waals surface area contributed by atoms with Crippen molar-refractivity contribution in [2.75, 3.05) is 0 Å². The minimum Gasteiger partial charge on any atom is -0.508 e. The predicted octanol–water partition coefficient (Wildman–Crippen LogP) is 4.39. The van der Waals surface area contributed by atoms with Gasteiger partial charge < -0.3 is 9.52 Å². The molecule has 0 atom stereocenters. The molecule has 0 radical (unpaired) electrons. The van der Waals surface area contributed by atoms with E-state index in [2.05, 4.69) is 12.1 Å². The lowest BCUT2D eigenvalue weighted by molar-refractivity contribution is 0.473. The predicted molar refractivity (Wildman–Crippen MR) is 98.1 cm³/mol. The molecule has 0 spiro atoms. The van der Waals surface area contributed by atoms with E-state index in [1.807, 2.05) is 12.1 Å². The molecule has 0 saturated heterocycles. The number of fused-ring (bicyclic) bond motifs is 4. The third-order valence-electron chi connectivity index (χ3n) is 4.54. The standard InChI is InChI=1S/C20H13NO3S/c22-13-7-5-12-9-15(20(23)24-16(12)10-13)19-21-18-14-4-2-1-3-11(14)6-8-17(18)25-19/h1-5,7,9-10,22H,6,8H2. The minimum atomic E-state index is -0.433. The Bertz CT molecular complexity index is 1190. The molecule has 0 saturated carbocycles. The van der Waals surface area contributed by atoms with Crippen LogP contribution < -0.4 is 5.63 Å². The van der Waals surface area contributed by atoms with E-state index in [0.29, 0.717) is 16.2 Å². The summed E-state index contributed by atoms with van der Waals surface area (Å²) in [5.74, 6) is 0.0738. The molecule has 5 heteroatoms. The van der Waals surface area contributed by atoms with Crippen molar-refractivity contribution in [1.82, 2.24) is 4.98 Å². The Labute approximate surface area is 147 Å². The molecule has 0 aliphatic heterocycles. The molecule has 1 N–H and O–H groups in total. The number of hydrogen-bond donors (Lipinski definition) is 1. The highest BCUT2D eigenvalue weighted by molar-refractivity contribution is 7.15. The third kappa shape index (κ3) is 2.27. The lowest BCUT2D eigenvalue weighted by Crippen LogP contribution is -2.02. The van der Waals surface area contributed by atoms with E-state index in [1.165, 1.54) is 16.5 Å². The third-order valence-corrected chi connectivity index (χ3v) is 5.69. The smallest absolute Gasteiger partial charge is 0.346 e. The Balaban J connectivity index is 1.70. The van der Waals surface area contributed by atoms with Crippen molar-refractivity contribution in [2.45, 2.75) is 12.8 Å². The molecule has 0 amide bonds. The molecule has 0 fully saturated rings. The Morgan fingerprint density at radius 2 is 1.92 bits per heavy atom. The van der Waals surface area contributed by atoms with Crippen LogP contribution >= 0.6 is 11.3 Å². The first-order valence-corrected chi connectivity index (χ1v) is 8.86. The molecule has 1 aliphatic rings. The lowest BCUT2D eigenvalue weighted by Gasteiger charge is -2.13. The van der Waals surface area contributed by atoms with Crippen molar-refractivity contribution < 1.29 is 9.52 Å². The van der Waals surface area contributed by atoms with E-state index < -0.39 is 5.63 Å². The number of phenols is 1. The van der Waals surface area contributed by atoms with Gasteiger partial charge in [0.15, 0.2) is 0 Å². The molecule has 4 aromatic rings. The maximum Gasteiger partial charge on any atom is 0.346 e. The molecular weight excluding hydrogens is 334 g/mol. The van der Waals surface area contributed by atoms with Crippen LogP contribution in [0.15, 0.2) is 57.7 Å². The second-order valence-electron chi connectivity index (χ2n) is 6.12. The zero-order chi connectivity index (χ0) is 17.0. The van der Waals surface area contributed by atoms with Gasteiger partial charge in [0.05, 0.1) is 11.3 Å². The highest BCUT2D eigenvalue weighted by atomic mass is 32.1. The summed E-state index contributed by atoms with van der Waals surface area (Å²) >= 11 is 1.56. The van der Waals surface area contributed by atoms with Gasteiger partial charge >= 0.3 is 5.63 Å². The van der Waals surface area contributed by atoms with Gasteiger partial charge in [0.25, 0.3) is 0 Å². The molecule has 5 rings (SSSR count). The van der Waals surface area contributed by atoms with Crippen LogP contribution in [0.5, 0.6) is 5.75 Å². The Morgan fingerprint density at radius 1 is 1.04 bits per heavy atom. The summed E-state index contributed by atoms with van der Waals surface area (Å²) in [5.41, 5.74) is 3.84. The molecule has 0 bridgehead atoms. The Hall–Kier alpha value is -2.92. The van der Waals surface area contributed by atoms with Crippen molar-refractivity contribution in [2.24, 2.45) is 0 Å². The van der Waals surface area contributed by atoms with Crippen molar-refractivity contribution in [3.8, 4) is 27.6 Å². The van der Waals surface area contributed by atoms with Crippen molar-refractivity contribution in [3.63, 3.8) is 0 Å². The number of hydrogen-bond acceptors (Lipinski definition) is 5. The van der Waals surface area contributed by atoms with Crippen molar-refractivity contribution >= 4 is 22.3 Å². The first-order chi connectivity index (χ1) is 12.2. The van der Waals surface area contributed by atoms with Gasteiger partial charge in [0, 0.05) is 21.9 Å². The summed E-state index contributed by atoms with van der Waals surface area (Å²) in [5, 5.41) is 11.0. The monoisotopic (exact) mass is 347 g/mol. The first-order valence-electron chi connectivity index (χ1n) is 8.04. The van der Waals surface area contributed by atoms with Gasteiger partial charge in [-0.3, -0.25) is 0 Å². The summed E-state index contributed by atoms with van der Waals surface area (Å²) in [7, 11) is 0. The fourth-order valence-electron chi connectivity index (χ4n) is 3.31. The average molecular weight is 347 g/mol. The zero-order valence-electron chi connectivity index (χ0n) is 13.2. The first kappa shape index (κ1) is 14.4. The summed E-state index contributed by atoms with van der Waals surface area (Å²) < 4.78 is 5.38. The van der Waals surface area contributed by atoms with E-state index in [1.54, 1.807) is 29.5 Å². The van der Waals surface area contributed by atoms with Crippen LogP contribution in [0.25, 0.3) is 32.8 Å². The van der Waals surface area contributed by atoms with E-state index in [0.717, 1.165) is 29.5 Å². The molecule has 1 aliphatic carbocycles. The van der Waals surface area contributed by atoms with Gasteiger partial charge in [-0.2, -0.15) is 0 Å². The summed E-state index contributed by atoms with van der Waals surface area (Å²) in [4.78, 5) is 18.4. The minimum absolute atomic E-state index is 0.0738. The molecule has 2 heterocycles. The number of nitrogens with zero attached hydrogens (tertiary/aromatic N) is 1. The molecule has 0 unspecified atom stereocenters. The molecule has 122 valence electrons. The molecule has 2 aromatic carbocycles. The largest absolute Gasteiger partial charge is 0.508 e. The van der Waals surface area contributed by atoms with Gasteiger partial charge in [-0.1, -0.05) is 24.3 Å². The number of thiazole rings is 1. The molecular formula is C20H13NO3S. The number of aromatic hydroxyl groups is 1. The van der Waals surface area contributed by atoms with Crippen LogP contribution in [0.1, 0.15) is 10.4 Å². The fraction of sp³-hybridized carbons (Fsp3) is 0.100. The maximum atomic E-state index is 12.4. The number of aryl methyl sites for hydroxylation is 2. The summed E-state index contributed by atoms with van der Waals surface area (Å²) in [6, 6.07) is 14.8. The summed E-state index contributed by atoms with van der Waals surface area (Å²) in [6.07, 6.45) is 1.94. The Kier molecular flexibility index (Phi) is 3.05. The topological polar surface area (TPSA) is 63.3 Å². The van der Waals surface area contributed by atoms with Crippen LogP contribution in [0.3, 0.4) is 0 Å². The number of phenolic OH excluding ortho intramolecular Hbond substituents is 1. The van der Waals surface area contributed by atoms with E-state index in [-0.39, 0.29) is 5.75 Å². The normalized spacial score (nSPS) is 12.8. The highest BCUT2D eigenvalue weighted by Crippen LogP contribution is 2.39. The van der Waals surface area contributed by atoms with Crippen molar-refractivity contribution in [1.29, 1.82) is 0 Å². The van der Waals surface area contributed by atoms with Crippen LogP contribution in [0.4, 0.5) is 0 Å². The van der Waals surface area contributed by atoms with Gasteiger partial charge in [-0.15, -0.1) is 11.3 Å². The molecule has 25 heavy (non-hydrogen) atoms. The SMILES string of the molecule is O=c1oc2cc(O)ccc2cc1-c1nc2c(s1)CCc1ccccc1-2. The second kappa shape index (κ2) is 5.29. The van der Waals surface area contributed by atoms with E-state index in [4.69, 9.17) is 9.40 Å². The summed E-state index contributed by atoms with van der Waals surface area (Å²) in [6.45, 7) is 0. The average Bonchev–Trinajstić information content (AvgIpc) is 3.05. The second-order valence-corrected chi connectivity index (χ2v) is 7.20. The fourth-order valence-corrected chi connectivity index (χ4v) is 4.39. The number of rotatable bonds is 1. The maximum absolute atomic E-state index is 12.4. The van der Waals surface area contributed by atoms with Crippen LogP contribution in [-0.2, 0) is 12.8 Å². The van der Waals surface area contributed by atoms with Gasteiger partial charge in [0.1, 0.15) is 16.3 Å². The number of benzene rings is 2. The van der Waals surface area contributed by atoms with Crippen LogP contribution in [0.2, 0.25) is 0 Å². The lowest BCUT2D eigenvalue weighted by atomic mass is 9.94. The van der Waals surface area contributed by atoms with Crippen LogP contribution in [-0.4, -0.2) is 10.1 Å². The number of aromatic nitrogens is 1. The van der Waals surface area contributed by atoms with E-state index in [9.17, 15) is 9.90 Å². The quantitative estimate of drug-likeness (QED) is 0.519. The zero-order valence-corrected chi connectivity index (χ0v) is 14.0. The van der Waals surface area contributed by atoms with E-state index >= 15 is 0 Å². The molecule has 2 aromatic heterocycles.